The van der Waals surface area contributed by atoms with Crippen molar-refractivity contribution in [2.45, 2.75) is 95.5 Å². The number of phenolic OH excluding ortho intramolecular Hbond substituents is 3. The second-order valence-corrected chi connectivity index (χ2v) is 11.8. The molecule has 2 aliphatic rings. The molecular weight excluding hydrogens is 608 g/mol. The molecule has 46 heavy (non-hydrogen) atoms. The van der Waals surface area contributed by atoms with Gasteiger partial charge in [-0.05, 0) is 58.4 Å². The maximum Gasteiger partial charge on any atom is 0.239 e. The van der Waals surface area contributed by atoms with Gasteiger partial charge in [0, 0.05) is 17.2 Å². The van der Waals surface area contributed by atoms with Crippen molar-refractivity contribution in [1.29, 1.82) is 0 Å². The smallest absolute Gasteiger partial charge is 0.239 e. The molecule has 2 fully saturated rings. The molecule has 2 aliphatic heterocycles. The fourth-order valence-corrected chi connectivity index (χ4v) is 5.47. The predicted molar refractivity (Wildman–Crippen MR) is 160 cm³/mol. The van der Waals surface area contributed by atoms with Crippen LogP contribution in [0.5, 0.6) is 23.0 Å². The highest BCUT2D eigenvalue weighted by atomic mass is 16.7. The van der Waals surface area contributed by atoms with Crippen LogP contribution < -0.4 is 10.2 Å². The zero-order valence-electron chi connectivity index (χ0n) is 25.5. The summed E-state index contributed by atoms with van der Waals surface area (Å²) in [5.74, 6) is -1.67. The van der Waals surface area contributed by atoms with E-state index in [-0.39, 0.29) is 45.8 Å². The third-order valence-electron chi connectivity index (χ3n) is 8.14. The zero-order valence-corrected chi connectivity index (χ0v) is 25.5. The Labute approximate surface area is 262 Å². The summed E-state index contributed by atoms with van der Waals surface area (Å²) >= 11 is 0. The fraction of sp³-hybridized carbons (Fsp3) is 0.469. The van der Waals surface area contributed by atoms with Crippen LogP contribution in [-0.4, -0.2) is 102 Å². The van der Waals surface area contributed by atoms with Gasteiger partial charge in [-0.2, -0.15) is 0 Å². The van der Waals surface area contributed by atoms with Crippen molar-refractivity contribution in [3.05, 3.63) is 57.8 Å². The normalized spacial score (nSPS) is 31.5. The first-order valence-electron chi connectivity index (χ1n) is 14.7. The Morgan fingerprint density at radius 2 is 1.46 bits per heavy atom. The van der Waals surface area contributed by atoms with Crippen LogP contribution in [0, 0.1) is 0 Å². The first-order valence-corrected chi connectivity index (χ1v) is 14.7. The number of aromatic hydroxyl groups is 3. The van der Waals surface area contributed by atoms with E-state index in [9.17, 15) is 45.6 Å². The van der Waals surface area contributed by atoms with Crippen molar-refractivity contribution in [3.8, 4) is 34.3 Å². The minimum absolute atomic E-state index is 0.0774. The summed E-state index contributed by atoms with van der Waals surface area (Å²) in [6.45, 7) is 6.62. The molecule has 2 saturated heterocycles. The molecule has 0 spiro atoms. The lowest BCUT2D eigenvalue weighted by molar-refractivity contribution is -0.345. The van der Waals surface area contributed by atoms with Gasteiger partial charge in [0.05, 0.1) is 12.2 Å². The van der Waals surface area contributed by atoms with Gasteiger partial charge in [-0.25, -0.2) is 0 Å². The average molecular weight is 647 g/mol. The van der Waals surface area contributed by atoms with Crippen LogP contribution >= 0.6 is 0 Å². The molecule has 5 rings (SSSR count). The van der Waals surface area contributed by atoms with Crippen LogP contribution in [-0.2, 0) is 20.6 Å². The molecular formula is C32H38O14. The second kappa shape index (κ2) is 13.2. The Balaban J connectivity index is 1.53. The average Bonchev–Trinajstić information content (AvgIpc) is 3.00. The Bertz CT molecular complexity index is 1650. The molecule has 0 unspecified atom stereocenters. The highest BCUT2D eigenvalue weighted by Crippen LogP contribution is 2.40. The Morgan fingerprint density at radius 1 is 0.826 bits per heavy atom. The molecule has 10 atom stereocenters. The number of phenols is 3. The highest BCUT2D eigenvalue weighted by molar-refractivity contribution is 5.91. The van der Waals surface area contributed by atoms with Crippen LogP contribution in [0.4, 0.5) is 0 Å². The molecule has 14 heteroatoms. The number of hydrogen-bond donors (Lipinski definition) is 8. The molecule has 0 amide bonds. The summed E-state index contributed by atoms with van der Waals surface area (Å²) < 4.78 is 29.0. The lowest BCUT2D eigenvalue weighted by atomic mass is 9.97. The largest absolute Gasteiger partial charge is 0.508 e. The fourth-order valence-electron chi connectivity index (χ4n) is 5.47. The predicted octanol–water partition coefficient (Wildman–Crippen LogP) is 1.14. The molecule has 250 valence electrons. The van der Waals surface area contributed by atoms with E-state index in [2.05, 4.69) is 0 Å². The highest BCUT2D eigenvalue weighted by Gasteiger charge is 2.50. The minimum atomic E-state index is -1.85. The van der Waals surface area contributed by atoms with E-state index in [0.29, 0.717) is 0 Å². The lowest BCUT2D eigenvalue weighted by Gasteiger charge is -2.45. The first-order chi connectivity index (χ1) is 21.7. The summed E-state index contributed by atoms with van der Waals surface area (Å²) in [5.41, 5.74) is 0.399. The maximum absolute atomic E-state index is 14.0. The second-order valence-electron chi connectivity index (χ2n) is 11.8. The van der Waals surface area contributed by atoms with Crippen molar-refractivity contribution in [2.75, 3.05) is 0 Å². The van der Waals surface area contributed by atoms with Crippen molar-refractivity contribution in [1.82, 2.24) is 0 Å². The van der Waals surface area contributed by atoms with Crippen LogP contribution in [0.1, 0.15) is 33.3 Å². The van der Waals surface area contributed by atoms with Gasteiger partial charge in [-0.3, -0.25) is 4.79 Å². The number of ether oxygens (including phenoxy) is 4. The quantitative estimate of drug-likeness (QED) is 0.168. The van der Waals surface area contributed by atoms with Crippen molar-refractivity contribution in [3.63, 3.8) is 0 Å². The van der Waals surface area contributed by atoms with E-state index in [1.165, 1.54) is 38.1 Å². The molecule has 14 nitrogen and oxygen atoms in total. The summed E-state index contributed by atoms with van der Waals surface area (Å²) in [7, 11) is 0. The third kappa shape index (κ3) is 6.30. The molecule has 3 heterocycles. The number of benzene rings is 2. The maximum atomic E-state index is 14.0. The molecule has 8 N–H and O–H groups in total. The molecule has 0 bridgehead atoms. The zero-order chi connectivity index (χ0) is 33.6. The van der Waals surface area contributed by atoms with E-state index in [1.54, 1.807) is 6.08 Å². The number of allylic oxidation sites excluding steroid dienone is 2. The van der Waals surface area contributed by atoms with E-state index >= 15 is 0 Å². The first kappa shape index (κ1) is 33.6. The molecule has 3 aromatic rings. The molecule has 0 radical (unpaired) electrons. The molecule has 1 aromatic heterocycles. The summed E-state index contributed by atoms with van der Waals surface area (Å²) in [4.78, 5) is 14.0. The molecule has 0 aliphatic carbocycles. The van der Waals surface area contributed by atoms with E-state index in [1.807, 2.05) is 13.8 Å². The van der Waals surface area contributed by atoms with Crippen LogP contribution in [0.15, 0.2) is 51.2 Å². The van der Waals surface area contributed by atoms with Gasteiger partial charge in [-0.1, -0.05) is 11.6 Å². The van der Waals surface area contributed by atoms with Gasteiger partial charge in [0.25, 0.3) is 0 Å². The summed E-state index contributed by atoms with van der Waals surface area (Å²) in [5, 5.41) is 83.5. The number of rotatable bonds is 7. The third-order valence-corrected chi connectivity index (χ3v) is 8.14. The minimum Gasteiger partial charge on any atom is -0.508 e. The van der Waals surface area contributed by atoms with Crippen LogP contribution in [0.3, 0.4) is 0 Å². The van der Waals surface area contributed by atoms with Crippen LogP contribution in [0.2, 0.25) is 0 Å². The Kier molecular flexibility index (Phi) is 9.63. The number of aliphatic hydroxyl groups is 5. The molecule has 0 saturated carbocycles. The van der Waals surface area contributed by atoms with Gasteiger partial charge < -0.3 is 64.2 Å². The van der Waals surface area contributed by atoms with Crippen LogP contribution in [0.25, 0.3) is 22.3 Å². The van der Waals surface area contributed by atoms with Gasteiger partial charge >= 0.3 is 0 Å². The van der Waals surface area contributed by atoms with E-state index < -0.39 is 78.3 Å². The summed E-state index contributed by atoms with van der Waals surface area (Å²) in [6.07, 6.45) is -12.8. The Hall–Kier alpha value is -3.73. The van der Waals surface area contributed by atoms with Gasteiger partial charge in [0.15, 0.2) is 12.1 Å². The standard InChI is InChI=1S/C32H38O14/c1-12(2)5-10-17-18(34)11-19(35)20-22(37)30(28(44-29(17)20)15-6-8-16(33)9-7-15)46-32-26(41)24(39)27(14(4)43-32)45-31-25(40)23(38)21(36)13(3)42-31/h5-9,11,13-14,21,23-27,31-36,38-41H,10H2,1-4H3/t13-,14+,21+,23-,24+,25-,26-,27-,31+,32+/m1/s1. The Morgan fingerprint density at radius 3 is 2.11 bits per heavy atom. The number of hydrogen-bond acceptors (Lipinski definition) is 14. The van der Waals surface area contributed by atoms with Gasteiger partial charge in [0.1, 0.15) is 64.8 Å². The van der Waals surface area contributed by atoms with Crippen molar-refractivity contribution < 1.29 is 64.2 Å². The van der Waals surface area contributed by atoms with Crippen molar-refractivity contribution >= 4 is 11.0 Å². The lowest BCUT2D eigenvalue weighted by Crippen LogP contribution is -2.63. The topological polar surface area (TPSA) is 229 Å². The van der Waals surface area contributed by atoms with E-state index in [0.717, 1.165) is 11.6 Å². The summed E-state index contributed by atoms with van der Waals surface area (Å²) in [6, 6.07) is 6.56. The SMILES string of the molecule is CC(C)=CCc1c(O)cc(O)c2c(=O)c(O[C@@H]3O[C@@H](C)[C@@H](O[C@@H]4O[C@H](C)[C@H](O)[C@@H](O)[C@H]4O)[C@@H](O)[C@H]3O)c(-c3ccc(O)cc3)oc12. The van der Waals surface area contributed by atoms with Crippen molar-refractivity contribution in [2.24, 2.45) is 0 Å². The van der Waals surface area contributed by atoms with Gasteiger partial charge in [0.2, 0.25) is 17.5 Å². The number of fused-ring (bicyclic) bond motifs is 1. The van der Waals surface area contributed by atoms with Gasteiger partial charge in [-0.15, -0.1) is 0 Å². The number of aliphatic hydroxyl groups excluding tert-OH is 5. The van der Waals surface area contributed by atoms with E-state index in [4.69, 9.17) is 23.4 Å². The monoisotopic (exact) mass is 646 g/mol. The molecule has 2 aromatic carbocycles.